The van der Waals surface area contributed by atoms with Crippen LogP contribution in [0.5, 0.6) is 5.88 Å². The third-order valence-electron chi connectivity index (χ3n) is 4.38. The van der Waals surface area contributed by atoms with Crippen LogP contribution in [0.3, 0.4) is 0 Å². The lowest BCUT2D eigenvalue weighted by molar-refractivity contribution is 0.147. The van der Waals surface area contributed by atoms with Gasteiger partial charge in [-0.2, -0.15) is 10.1 Å². The van der Waals surface area contributed by atoms with Gasteiger partial charge in [0, 0.05) is 42.2 Å². The minimum absolute atomic E-state index is 0.0612. The van der Waals surface area contributed by atoms with E-state index >= 15 is 0 Å². The van der Waals surface area contributed by atoms with Gasteiger partial charge in [-0.1, -0.05) is 11.6 Å². The van der Waals surface area contributed by atoms with Crippen molar-refractivity contribution in [2.75, 3.05) is 11.8 Å². The molecule has 0 aliphatic heterocycles. The Morgan fingerprint density at radius 1 is 1.35 bits per heavy atom. The average molecular weight is 469 g/mol. The molecule has 0 amide bonds. The first-order valence-corrected chi connectivity index (χ1v) is 10.7. The first-order chi connectivity index (χ1) is 14.8. The summed E-state index contributed by atoms with van der Waals surface area (Å²) in [5.74, 6) is -0.454. The van der Waals surface area contributed by atoms with Gasteiger partial charge in [0.2, 0.25) is 18.3 Å². The number of fused-ring (bicyclic) bond motifs is 1. The minimum Gasteiger partial charge on any atom is -0.481 e. The molecule has 0 bridgehead atoms. The zero-order valence-electron chi connectivity index (χ0n) is 15.9. The molecule has 162 valence electrons. The number of nitrogens with one attached hydrogen (secondary N) is 2. The highest BCUT2D eigenvalue weighted by Crippen LogP contribution is 2.33. The lowest BCUT2D eigenvalue weighted by Gasteiger charge is -2.10. The number of benzene rings is 1. The highest BCUT2D eigenvalue weighted by molar-refractivity contribution is 7.93. The Bertz CT molecular complexity index is 1340. The minimum atomic E-state index is -4.14. The monoisotopic (exact) mass is 468 g/mol. The molecule has 0 unspecified atom stereocenters. The number of aromatic nitrogens is 5. The number of sulfonamides is 1. The van der Waals surface area contributed by atoms with Crippen LogP contribution in [0.25, 0.3) is 16.6 Å². The van der Waals surface area contributed by atoms with E-state index in [2.05, 4.69) is 24.8 Å². The summed E-state index contributed by atoms with van der Waals surface area (Å²) in [5.41, 5.74) is 1.01. The van der Waals surface area contributed by atoms with Crippen molar-refractivity contribution < 1.29 is 21.9 Å². The van der Waals surface area contributed by atoms with Crippen molar-refractivity contribution in [3.05, 3.63) is 53.6 Å². The number of rotatable bonds is 7. The maximum atomic E-state index is 13.0. The summed E-state index contributed by atoms with van der Waals surface area (Å²) in [6.45, 7) is 0. The molecule has 0 saturated carbocycles. The van der Waals surface area contributed by atoms with Gasteiger partial charge in [0.05, 0.1) is 17.6 Å². The largest absolute Gasteiger partial charge is 0.481 e. The molecule has 31 heavy (non-hydrogen) atoms. The molecule has 4 aromatic rings. The summed E-state index contributed by atoms with van der Waals surface area (Å²) < 4.78 is 60.1. The quantitative estimate of drug-likeness (QED) is 0.429. The average Bonchev–Trinajstić information content (AvgIpc) is 3.38. The molecule has 9 nitrogen and oxygen atoms in total. The number of ether oxygens (including phenoxy) is 1. The highest BCUT2D eigenvalue weighted by atomic mass is 35.5. The Labute approximate surface area is 180 Å². The zero-order valence-corrected chi connectivity index (χ0v) is 17.5. The number of alkyl halides is 2. The van der Waals surface area contributed by atoms with Crippen LogP contribution < -0.4 is 9.46 Å². The van der Waals surface area contributed by atoms with Gasteiger partial charge < -0.3 is 9.72 Å². The van der Waals surface area contributed by atoms with Gasteiger partial charge in [-0.3, -0.25) is 0 Å². The van der Waals surface area contributed by atoms with E-state index in [9.17, 15) is 17.2 Å². The molecule has 0 atom stereocenters. The summed E-state index contributed by atoms with van der Waals surface area (Å²) in [5, 5.41) is 4.88. The van der Waals surface area contributed by atoms with E-state index in [1.807, 2.05) is 0 Å². The predicted molar refractivity (Wildman–Crippen MR) is 110 cm³/mol. The van der Waals surface area contributed by atoms with E-state index in [0.717, 1.165) is 6.20 Å². The Balaban J connectivity index is 1.72. The molecule has 0 spiro atoms. The number of H-pyrrole nitrogens is 1. The van der Waals surface area contributed by atoms with Crippen LogP contribution in [0.2, 0.25) is 5.02 Å². The first kappa shape index (κ1) is 21.0. The van der Waals surface area contributed by atoms with Gasteiger partial charge in [-0.25, -0.2) is 31.6 Å². The number of anilines is 1. The van der Waals surface area contributed by atoms with Crippen LogP contribution >= 0.6 is 11.6 Å². The number of aromatic amines is 1. The normalized spacial score (nSPS) is 11.9. The van der Waals surface area contributed by atoms with E-state index < -0.39 is 22.9 Å². The molecule has 3 aromatic heterocycles. The maximum Gasteiger partial charge on any atom is 0.266 e. The highest BCUT2D eigenvalue weighted by Gasteiger charge is 2.24. The second-order valence-corrected chi connectivity index (χ2v) is 8.41. The molecule has 1 aromatic carbocycles. The Hall–Kier alpha value is -3.25. The smallest absolute Gasteiger partial charge is 0.266 e. The van der Waals surface area contributed by atoms with Crippen molar-refractivity contribution in [2.45, 2.75) is 17.7 Å². The molecular weight excluding hydrogens is 454 g/mol. The topological polar surface area (TPSA) is 115 Å². The van der Waals surface area contributed by atoms with Crippen LogP contribution in [0.15, 0.2) is 47.9 Å². The van der Waals surface area contributed by atoms with Crippen molar-refractivity contribution in [3.8, 4) is 11.6 Å². The van der Waals surface area contributed by atoms with E-state index in [0.29, 0.717) is 21.6 Å². The Morgan fingerprint density at radius 2 is 2.16 bits per heavy atom. The number of hydrogen-bond donors (Lipinski definition) is 2. The van der Waals surface area contributed by atoms with Crippen molar-refractivity contribution >= 4 is 38.5 Å². The second kappa shape index (κ2) is 8.12. The molecule has 0 radical (unpaired) electrons. The number of hydrogen-bond acceptors (Lipinski definition) is 6. The van der Waals surface area contributed by atoms with Crippen LogP contribution in [0, 0.1) is 0 Å². The standard InChI is InChI=1S/C18H15ClF2N6O3S/c1-30-17-10(7-14(20)21)8-23-18(25-17)26-31(28,29)13-9-22-15-11(13)3-4-12(19)16(15)27-6-2-5-24-27/h2-6,8-9,14,22H,7H2,1H3,(H,23,25,26). The van der Waals surface area contributed by atoms with E-state index in [1.165, 1.54) is 18.0 Å². The van der Waals surface area contributed by atoms with E-state index in [1.54, 1.807) is 30.6 Å². The van der Waals surface area contributed by atoms with Crippen molar-refractivity contribution in [3.63, 3.8) is 0 Å². The maximum absolute atomic E-state index is 13.0. The molecule has 0 aliphatic rings. The fourth-order valence-corrected chi connectivity index (χ4v) is 4.44. The lowest BCUT2D eigenvalue weighted by atomic mass is 10.2. The van der Waals surface area contributed by atoms with Gasteiger partial charge in [-0.15, -0.1) is 0 Å². The predicted octanol–water partition coefficient (Wildman–Crippen LogP) is 3.41. The molecule has 4 rings (SSSR count). The summed E-state index contributed by atoms with van der Waals surface area (Å²) in [7, 11) is -2.89. The third-order valence-corrected chi connectivity index (χ3v) is 6.06. The lowest BCUT2D eigenvalue weighted by Crippen LogP contribution is -2.15. The summed E-state index contributed by atoms with van der Waals surface area (Å²) in [4.78, 5) is 10.6. The number of methoxy groups -OCH3 is 1. The third kappa shape index (κ3) is 4.03. The van der Waals surface area contributed by atoms with Crippen LogP contribution in [0.1, 0.15) is 5.56 Å². The van der Waals surface area contributed by atoms with E-state index in [4.69, 9.17) is 16.3 Å². The Morgan fingerprint density at radius 3 is 2.84 bits per heavy atom. The molecular formula is C18H15ClF2N6O3S. The summed E-state index contributed by atoms with van der Waals surface area (Å²) >= 11 is 6.30. The van der Waals surface area contributed by atoms with Gasteiger partial charge in [0.1, 0.15) is 10.6 Å². The van der Waals surface area contributed by atoms with Gasteiger partial charge in [0.15, 0.2) is 0 Å². The van der Waals surface area contributed by atoms with Crippen LogP contribution in [-0.2, 0) is 16.4 Å². The molecule has 3 heterocycles. The number of halogens is 3. The van der Waals surface area contributed by atoms with Crippen molar-refractivity contribution in [2.24, 2.45) is 0 Å². The van der Waals surface area contributed by atoms with Gasteiger partial charge in [-0.05, 0) is 18.2 Å². The molecule has 2 N–H and O–H groups in total. The van der Waals surface area contributed by atoms with E-state index in [-0.39, 0.29) is 22.3 Å². The fourth-order valence-electron chi connectivity index (χ4n) is 3.08. The summed E-state index contributed by atoms with van der Waals surface area (Å²) in [6.07, 6.45) is 2.41. The zero-order chi connectivity index (χ0) is 22.2. The molecule has 0 aliphatic carbocycles. The molecule has 0 fully saturated rings. The molecule has 0 saturated heterocycles. The van der Waals surface area contributed by atoms with Gasteiger partial charge in [0.25, 0.3) is 10.0 Å². The van der Waals surface area contributed by atoms with Crippen LogP contribution in [-0.4, -0.2) is 46.7 Å². The second-order valence-electron chi connectivity index (χ2n) is 6.35. The molecule has 13 heteroatoms. The Kier molecular flexibility index (Phi) is 5.50. The fraction of sp³-hybridized carbons (Fsp3) is 0.167. The summed E-state index contributed by atoms with van der Waals surface area (Å²) in [6, 6.07) is 4.83. The number of nitrogens with zero attached hydrogens (tertiary/aromatic N) is 4. The van der Waals surface area contributed by atoms with Crippen molar-refractivity contribution in [1.29, 1.82) is 0 Å². The first-order valence-electron chi connectivity index (χ1n) is 8.80. The van der Waals surface area contributed by atoms with Crippen LogP contribution in [0.4, 0.5) is 14.7 Å². The SMILES string of the molecule is COc1nc(NS(=O)(=O)c2c[nH]c3c(-n4cccn4)c(Cl)ccc23)ncc1CC(F)F. The van der Waals surface area contributed by atoms with Crippen molar-refractivity contribution in [1.82, 2.24) is 24.7 Å². The van der Waals surface area contributed by atoms with Gasteiger partial charge >= 0.3 is 0 Å².